The minimum atomic E-state index is -0.00393. The van der Waals surface area contributed by atoms with Crippen molar-refractivity contribution in [1.82, 2.24) is 0 Å². The molecule has 1 aliphatic heterocycles. The Labute approximate surface area is 144 Å². The molecule has 1 atom stereocenters. The molecule has 5 heteroatoms. The number of nitrogens with zero attached hydrogens (tertiary/aromatic N) is 1. The molecule has 2 nitrogen and oxygen atoms in total. The summed E-state index contributed by atoms with van der Waals surface area (Å²) >= 11 is 18.0. The number of hydrogen-bond acceptors (Lipinski definition) is 1. The van der Waals surface area contributed by atoms with Gasteiger partial charge in [0.25, 0.3) is 0 Å². The standard InChI is InChI=1S/C17H14Cl3NO/c18-12-6-4-11(5-7-12)16-2-1-3-17(22)21(16)13-8-9-14(19)15(20)10-13/h4-10,16H,1-3H2. The van der Waals surface area contributed by atoms with Crippen LogP contribution in [0.1, 0.15) is 30.9 Å². The zero-order chi connectivity index (χ0) is 15.7. The lowest BCUT2D eigenvalue weighted by Crippen LogP contribution is -2.38. The van der Waals surface area contributed by atoms with Crippen LogP contribution in [0.4, 0.5) is 5.69 Å². The molecule has 2 aromatic carbocycles. The molecule has 0 radical (unpaired) electrons. The summed E-state index contributed by atoms with van der Waals surface area (Å²) in [5, 5.41) is 1.62. The fourth-order valence-corrected chi connectivity index (χ4v) is 3.25. The lowest BCUT2D eigenvalue weighted by Gasteiger charge is -2.36. The Kier molecular flexibility index (Phi) is 4.62. The second kappa shape index (κ2) is 6.49. The quantitative estimate of drug-likeness (QED) is 0.657. The predicted octanol–water partition coefficient (Wildman–Crippen LogP) is 5.91. The minimum absolute atomic E-state index is 0.00393. The molecule has 0 aliphatic carbocycles. The monoisotopic (exact) mass is 353 g/mol. The van der Waals surface area contributed by atoms with Gasteiger partial charge in [-0.1, -0.05) is 46.9 Å². The largest absolute Gasteiger partial charge is 0.305 e. The highest BCUT2D eigenvalue weighted by Crippen LogP contribution is 2.38. The van der Waals surface area contributed by atoms with Crippen LogP contribution < -0.4 is 4.90 Å². The lowest BCUT2D eigenvalue weighted by molar-refractivity contribution is -0.120. The second-order valence-corrected chi connectivity index (χ2v) is 6.57. The van der Waals surface area contributed by atoms with Crippen molar-refractivity contribution in [3.8, 4) is 0 Å². The molecule has 0 bridgehead atoms. The molecule has 1 saturated heterocycles. The Morgan fingerprint density at radius 2 is 1.68 bits per heavy atom. The number of anilines is 1. The normalized spacial score (nSPS) is 18.6. The summed E-state index contributed by atoms with van der Waals surface area (Å²) in [6.45, 7) is 0. The van der Waals surface area contributed by atoms with Gasteiger partial charge in [0.1, 0.15) is 0 Å². The van der Waals surface area contributed by atoms with Crippen molar-refractivity contribution in [2.24, 2.45) is 0 Å². The van der Waals surface area contributed by atoms with Crippen molar-refractivity contribution in [3.63, 3.8) is 0 Å². The molecule has 1 aliphatic rings. The predicted molar refractivity (Wildman–Crippen MR) is 92.0 cm³/mol. The van der Waals surface area contributed by atoms with E-state index in [0.717, 1.165) is 24.1 Å². The number of rotatable bonds is 2. The number of halogens is 3. The number of amides is 1. The summed E-state index contributed by atoms with van der Waals surface area (Å²) in [5.74, 6) is 0.101. The van der Waals surface area contributed by atoms with Crippen molar-refractivity contribution in [2.75, 3.05) is 4.90 Å². The number of benzene rings is 2. The van der Waals surface area contributed by atoms with E-state index >= 15 is 0 Å². The highest BCUT2D eigenvalue weighted by molar-refractivity contribution is 6.42. The highest BCUT2D eigenvalue weighted by atomic mass is 35.5. The maximum Gasteiger partial charge on any atom is 0.227 e. The molecule has 0 N–H and O–H groups in total. The van der Waals surface area contributed by atoms with Gasteiger partial charge in [-0.3, -0.25) is 4.79 Å². The highest BCUT2D eigenvalue weighted by Gasteiger charge is 2.30. The second-order valence-electron chi connectivity index (χ2n) is 5.32. The van der Waals surface area contributed by atoms with E-state index < -0.39 is 0 Å². The SMILES string of the molecule is O=C1CCCC(c2ccc(Cl)cc2)N1c1ccc(Cl)c(Cl)c1. The van der Waals surface area contributed by atoms with Gasteiger partial charge in [0.15, 0.2) is 0 Å². The van der Waals surface area contributed by atoms with Crippen LogP contribution in [0.15, 0.2) is 42.5 Å². The fraction of sp³-hybridized carbons (Fsp3) is 0.235. The maximum atomic E-state index is 12.5. The maximum absolute atomic E-state index is 12.5. The van der Waals surface area contributed by atoms with Crippen molar-refractivity contribution >= 4 is 46.4 Å². The molecule has 1 amide bonds. The first-order valence-corrected chi connectivity index (χ1v) is 8.22. The average Bonchev–Trinajstić information content (AvgIpc) is 2.51. The van der Waals surface area contributed by atoms with Crippen molar-refractivity contribution in [2.45, 2.75) is 25.3 Å². The molecule has 22 heavy (non-hydrogen) atoms. The molecule has 1 fully saturated rings. The van der Waals surface area contributed by atoms with Crippen LogP contribution in [0.2, 0.25) is 15.1 Å². The van der Waals surface area contributed by atoms with Gasteiger partial charge in [-0.2, -0.15) is 0 Å². The van der Waals surface area contributed by atoms with Crippen LogP contribution in [-0.4, -0.2) is 5.91 Å². The fourth-order valence-electron chi connectivity index (χ4n) is 2.83. The Balaban J connectivity index is 2.01. The third kappa shape index (κ3) is 3.10. The number of carbonyl (C=O) groups excluding carboxylic acids is 1. The Morgan fingerprint density at radius 1 is 0.955 bits per heavy atom. The van der Waals surface area contributed by atoms with E-state index in [1.807, 2.05) is 35.2 Å². The topological polar surface area (TPSA) is 20.3 Å². The first-order valence-electron chi connectivity index (χ1n) is 7.09. The van der Waals surface area contributed by atoms with Crippen molar-refractivity contribution in [1.29, 1.82) is 0 Å². The van der Waals surface area contributed by atoms with Gasteiger partial charge >= 0.3 is 0 Å². The van der Waals surface area contributed by atoms with Crippen LogP contribution >= 0.6 is 34.8 Å². The van der Waals surface area contributed by atoms with Crippen molar-refractivity contribution < 1.29 is 4.79 Å². The number of piperidine rings is 1. The van der Waals surface area contributed by atoms with Gasteiger partial charge < -0.3 is 4.90 Å². The first kappa shape index (κ1) is 15.7. The summed E-state index contributed by atoms with van der Waals surface area (Å²) in [6.07, 6.45) is 2.34. The summed E-state index contributed by atoms with van der Waals surface area (Å²) < 4.78 is 0. The zero-order valence-corrected chi connectivity index (χ0v) is 14.0. The smallest absolute Gasteiger partial charge is 0.227 e. The summed E-state index contributed by atoms with van der Waals surface area (Å²) in [7, 11) is 0. The molecule has 0 saturated carbocycles. The van der Waals surface area contributed by atoms with Crippen LogP contribution in [0.3, 0.4) is 0 Å². The van der Waals surface area contributed by atoms with E-state index in [9.17, 15) is 4.79 Å². The van der Waals surface area contributed by atoms with Crippen LogP contribution in [0, 0.1) is 0 Å². The summed E-state index contributed by atoms with van der Waals surface area (Å²) in [6, 6.07) is 12.9. The third-order valence-corrected chi connectivity index (χ3v) is 4.88. The van der Waals surface area contributed by atoms with E-state index in [0.29, 0.717) is 21.5 Å². The summed E-state index contributed by atoms with van der Waals surface area (Å²) in [4.78, 5) is 14.3. The molecule has 0 spiro atoms. The summed E-state index contributed by atoms with van der Waals surface area (Å²) in [5.41, 5.74) is 1.85. The first-order chi connectivity index (χ1) is 10.6. The molecule has 0 aromatic heterocycles. The van der Waals surface area contributed by atoms with E-state index in [4.69, 9.17) is 34.8 Å². The number of hydrogen-bond donors (Lipinski definition) is 0. The van der Waals surface area contributed by atoms with Crippen LogP contribution in [0.5, 0.6) is 0 Å². The molecule has 114 valence electrons. The third-order valence-electron chi connectivity index (χ3n) is 3.88. The van der Waals surface area contributed by atoms with E-state index in [1.54, 1.807) is 12.1 Å². The van der Waals surface area contributed by atoms with Gasteiger partial charge in [0, 0.05) is 17.1 Å². The lowest BCUT2D eigenvalue weighted by atomic mass is 9.94. The van der Waals surface area contributed by atoms with Gasteiger partial charge in [0.2, 0.25) is 5.91 Å². The van der Waals surface area contributed by atoms with Gasteiger partial charge in [-0.15, -0.1) is 0 Å². The van der Waals surface area contributed by atoms with Crippen LogP contribution in [-0.2, 0) is 4.79 Å². The average molecular weight is 355 g/mol. The molecule has 2 aromatic rings. The van der Waals surface area contributed by atoms with Gasteiger partial charge in [-0.05, 0) is 48.7 Å². The minimum Gasteiger partial charge on any atom is -0.305 e. The van der Waals surface area contributed by atoms with E-state index in [-0.39, 0.29) is 11.9 Å². The Bertz CT molecular complexity index is 700. The molecule has 1 unspecified atom stereocenters. The Hall–Kier alpha value is -1.22. The van der Waals surface area contributed by atoms with E-state index in [2.05, 4.69) is 0 Å². The van der Waals surface area contributed by atoms with Gasteiger partial charge in [0.05, 0.1) is 16.1 Å². The molecular formula is C17H14Cl3NO. The Morgan fingerprint density at radius 3 is 2.36 bits per heavy atom. The van der Waals surface area contributed by atoms with Gasteiger partial charge in [-0.25, -0.2) is 0 Å². The number of carbonyl (C=O) groups is 1. The molecule has 1 heterocycles. The molecule has 3 rings (SSSR count). The van der Waals surface area contributed by atoms with Crippen LogP contribution in [0.25, 0.3) is 0 Å². The van der Waals surface area contributed by atoms with Crippen molar-refractivity contribution in [3.05, 3.63) is 63.1 Å². The van der Waals surface area contributed by atoms with E-state index in [1.165, 1.54) is 0 Å². The zero-order valence-electron chi connectivity index (χ0n) is 11.7. The molecular weight excluding hydrogens is 341 g/mol.